The van der Waals surface area contributed by atoms with Crippen LogP contribution in [0.2, 0.25) is 0 Å². The maximum Gasteiger partial charge on any atom is 0.135 e. The SMILES string of the molecule is CC(C)(C)c1ccc(C2=CC=CC3C2N(c2cc(C(C)(C)C)cc(C(C)(C)C)c2)[CH-]N3c2[c-]c(Oc3[c-]c4c(cc3)c3cc(-c5ccccc5)ccc3n4-c3cc(C(C)(C)C)ccn3)ccc2)cc1.[Pt]. The molecule has 2 atom stereocenters. The molecule has 70 heavy (non-hydrogen) atoms. The van der Waals surface area contributed by atoms with Crippen molar-refractivity contribution in [2.75, 3.05) is 9.80 Å². The molecule has 1 aliphatic carbocycles. The zero-order valence-electron chi connectivity index (χ0n) is 42.8. The molecule has 5 nitrogen and oxygen atoms in total. The number of rotatable bonds is 7. The largest absolute Gasteiger partial charge is 0.516 e. The predicted octanol–water partition coefficient (Wildman–Crippen LogP) is 16.3. The Morgan fingerprint density at radius 2 is 1.20 bits per heavy atom. The van der Waals surface area contributed by atoms with Gasteiger partial charge in [0.1, 0.15) is 5.82 Å². The fourth-order valence-corrected chi connectivity index (χ4v) is 9.81. The van der Waals surface area contributed by atoms with E-state index >= 15 is 0 Å². The van der Waals surface area contributed by atoms with Gasteiger partial charge in [-0.25, -0.2) is 4.98 Å². The first-order valence-corrected chi connectivity index (χ1v) is 24.5. The third-order valence-corrected chi connectivity index (χ3v) is 14.0. The monoisotopic (exact) mass is 1100 g/mol. The molecule has 1 fully saturated rings. The van der Waals surface area contributed by atoms with Crippen molar-refractivity contribution in [1.82, 2.24) is 9.55 Å². The van der Waals surface area contributed by atoms with Gasteiger partial charge in [-0.1, -0.05) is 180 Å². The van der Waals surface area contributed by atoms with E-state index in [1.807, 2.05) is 18.3 Å². The van der Waals surface area contributed by atoms with Crippen LogP contribution in [0, 0.1) is 18.8 Å². The summed E-state index contributed by atoms with van der Waals surface area (Å²) in [7, 11) is 0. The molecule has 1 saturated heterocycles. The Morgan fingerprint density at radius 3 is 1.87 bits per heavy atom. The van der Waals surface area contributed by atoms with Gasteiger partial charge in [-0.05, 0) is 102 Å². The van der Waals surface area contributed by atoms with Crippen LogP contribution in [0.5, 0.6) is 11.5 Å². The van der Waals surface area contributed by atoms with Gasteiger partial charge in [0.05, 0.1) is 6.04 Å². The van der Waals surface area contributed by atoms with Gasteiger partial charge in [0.2, 0.25) is 0 Å². The number of allylic oxidation sites excluding steroid dienone is 2. The van der Waals surface area contributed by atoms with Crippen molar-refractivity contribution in [2.45, 2.75) is 117 Å². The number of hydrogen-bond acceptors (Lipinski definition) is 4. The second kappa shape index (κ2) is 18.2. The van der Waals surface area contributed by atoms with Gasteiger partial charge in [0.15, 0.2) is 0 Å². The van der Waals surface area contributed by atoms with Crippen LogP contribution in [-0.2, 0) is 42.7 Å². The van der Waals surface area contributed by atoms with E-state index in [9.17, 15) is 0 Å². The molecule has 2 unspecified atom stereocenters. The van der Waals surface area contributed by atoms with E-state index in [0.717, 1.165) is 38.9 Å². The summed E-state index contributed by atoms with van der Waals surface area (Å²) < 4.78 is 9.03. The number of hydrogen-bond donors (Lipinski definition) is 0. The van der Waals surface area contributed by atoms with Gasteiger partial charge in [-0.3, -0.25) is 0 Å². The standard InChI is InChI=1S/C64H65N4O.Pt/c1-61(2,3)45-27-24-43(25-28-45)53-22-17-23-57-60(53)67(50-36-47(63(7,8)9)35-48(37-50)64(10,11)12)41-66(57)49-20-16-21-51(39-49)69-52-29-30-54-55-34-44(42-18-14-13-15-19-42)26-31-56(55)68(58(54)40-52)59-38-46(32-33-65-59)62(4,5)6;/h13-38,41,57,60H,1-12H3;/q-3;. The minimum absolute atomic E-state index is 0. The Balaban J connectivity index is 0.00000608. The summed E-state index contributed by atoms with van der Waals surface area (Å²) in [6.07, 6.45) is 8.78. The van der Waals surface area contributed by atoms with Gasteiger partial charge in [-0.15, -0.1) is 35.3 Å². The molecule has 2 aromatic heterocycles. The summed E-state index contributed by atoms with van der Waals surface area (Å²) in [4.78, 5) is 9.82. The molecule has 6 aromatic carbocycles. The first kappa shape index (κ1) is 48.8. The van der Waals surface area contributed by atoms with E-state index in [1.165, 1.54) is 44.6 Å². The van der Waals surface area contributed by atoms with Gasteiger partial charge >= 0.3 is 0 Å². The molecule has 3 heterocycles. The third kappa shape index (κ3) is 9.42. The van der Waals surface area contributed by atoms with Gasteiger partial charge < -0.3 is 19.1 Å². The van der Waals surface area contributed by atoms with E-state index in [2.05, 4.69) is 256 Å². The first-order valence-electron chi connectivity index (χ1n) is 24.5. The van der Waals surface area contributed by atoms with Gasteiger partial charge in [0.25, 0.3) is 0 Å². The second-order valence-corrected chi connectivity index (χ2v) is 23.1. The van der Waals surface area contributed by atoms with Crippen LogP contribution in [0.25, 0.3) is 44.3 Å². The number of nitrogens with zero attached hydrogens (tertiary/aromatic N) is 4. The Bertz CT molecular complexity index is 3250. The van der Waals surface area contributed by atoms with Crippen molar-refractivity contribution < 1.29 is 25.8 Å². The van der Waals surface area contributed by atoms with Crippen molar-refractivity contribution in [3.63, 3.8) is 0 Å². The zero-order chi connectivity index (χ0) is 48.6. The fraction of sp³-hybridized carbons (Fsp3) is 0.281. The fourth-order valence-electron chi connectivity index (χ4n) is 9.81. The first-order chi connectivity index (χ1) is 32.7. The second-order valence-electron chi connectivity index (χ2n) is 23.1. The summed E-state index contributed by atoms with van der Waals surface area (Å²) in [5.41, 5.74) is 14.1. The minimum Gasteiger partial charge on any atom is -0.516 e. The van der Waals surface area contributed by atoms with E-state index in [4.69, 9.17) is 9.72 Å². The molecule has 2 aliphatic rings. The van der Waals surface area contributed by atoms with Crippen molar-refractivity contribution in [2.24, 2.45) is 0 Å². The van der Waals surface area contributed by atoms with Crippen molar-refractivity contribution in [3.8, 4) is 28.4 Å². The molecule has 0 radical (unpaired) electrons. The Morgan fingerprint density at radius 1 is 0.543 bits per heavy atom. The molecule has 0 bridgehead atoms. The van der Waals surface area contributed by atoms with E-state index in [0.29, 0.717) is 11.5 Å². The Hall–Kier alpha value is -6.16. The zero-order valence-corrected chi connectivity index (χ0v) is 45.0. The van der Waals surface area contributed by atoms with Gasteiger partial charge in [0, 0.05) is 56.0 Å². The average Bonchev–Trinajstić information content (AvgIpc) is 3.87. The van der Waals surface area contributed by atoms with Crippen LogP contribution in [0.3, 0.4) is 0 Å². The van der Waals surface area contributed by atoms with Crippen LogP contribution in [0.1, 0.15) is 111 Å². The van der Waals surface area contributed by atoms with Crippen LogP contribution in [-0.4, -0.2) is 21.6 Å². The van der Waals surface area contributed by atoms with Crippen LogP contribution in [0.15, 0.2) is 158 Å². The number of pyridine rings is 1. The molecule has 360 valence electrons. The molecule has 0 spiro atoms. The number of benzene rings is 6. The van der Waals surface area contributed by atoms with Crippen molar-refractivity contribution in [1.29, 1.82) is 0 Å². The Labute approximate surface area is 431 Å². The van der Waals surface area contributed by atoms with Crippen molar-refractivity contribution >= 4 is 38.8 Å². The van der Waals surface area contributed by atoms with Crippen LogP contribution in [0.4, 0.5) is 11.4 Å². The van der Waals surface area contributed by atoms with Crippen molar-refractivity contribution in [3.05, 3.63) is 205 Å². The molecule has 8 aromatic rings. The average molecular weight is 1100 g/mol. The summed E-state index contributed by atoms with van der Waals surface area (Å²) in [6, 6.07) is 55.8. The maximum atomic E-state index is 6.80. The van der Waals surface area contributed by atoms with Crippen LogP contribution < -0.4 is 14.5 Å². The third-order valence-electron chi connectivity index (χ3n) is 14.0. The number of fused-ring (bicyclic) bond motifs is 4. The van der Waals surface area contributed by atoms with E-state index < -0.39 is 0 Å². The molecular formula is C64H65N4OPt-3. The molecule has 0 N–H and O–H groups in total. The summed E-state index contributed by atoms with van der Waals surface area (Å²) >= 11 is 0. The Kier molecular flexibility index (Phi) is 12.7. The van der Waals surface area contributed by atoms with Gasteiger partial charge in [-0.2, -0.15) is 24.9 Å². The smallest absolute Gasteiger partial charge is 0.135 e. The summed E-state index contributed by atoms with van der Waals surface area (Å²) in [5.74, 6) is 2.07. The molecule has 0 saturated carbocycles. The summed E-state index contributed by atoms with van der Waals surface area (Å²) in [6.45, 7) is 29.7. The van der Waals surface area contributed by atoms with E-state index in [-0.39, 0.29) is 54.8 Å². The molecule has 1 aliphatic heterocycles. The quantitative estimate of drug-likeness (QED) is 0.149. The number of aromatic nitrogens is 2. The maximum absolute atomic E-state index is 6.80. The molecule has 0 amide bonds. The normalized spacial score (nSPS) is 16.4. The number of ether oxygens (including phenoxy) is 1. The minimum atomic E-state index is -0.0472. The van der Waals surface area contributed by atoms with Crippen LogP contribution >= 0.6 is 0 Å². The predicted molar refractivity (Wildman–Crippen MR) is 290 cm³/mol. The number of anilines is 2. The molecular weight excluding hydrogens is 1040 g/mol. The summed E-state index contributed by atoms with van der Waals surface area (Å²) in [5, 5.41) is 2.22. The molecule has 10 rings (SSSR count). The van der Waals surface area contributed by atoms with E-state index in [1.54, 1.807) is 0 Å². The topological polar surface area (TPSA) is 33.5 Å². The molecule has 6 heteroatoms.